The number of anilines is 1. The fourth-order valence-electron chi connectivity index (χ4n) is 1.26. The highest BCUT2D eigenvalue weighted by atomic mass is 16.5. The molecule has 1 aromatic carbocycles. The van der Waals surface area contributed by atoms with Crippen LogP contribution in [0.3, 0.4) is 0 Å². The minimum absolute atomic E-state index is 0.242. The Labute approximate surface area is 93.0 Å². The minimum atomic E-state index is -0.569. The van der Waals surface area contributed by atoms with Gasteiger partial charge in [-0.05, 0) is 19.1 Å². The van der Waals surface area contributed by atoms with Crippen molar-refractivity contribution in [2.45, 2.75) is 13.3 Å². The minimum Gasteiger partial charge on any atom is -0.466 e. The van der Waals surface area contributed by atoms with Gasteiger partial charge in [0.2, 0.25) is 0 Å². The first-order valence-corrected chi connectivity index (χ1v) is 4.87. The molecule has 0 unspecified atom stereocenters. The molecule has 0 atom stereocenters. The molecule has 0 aromatic heterocycles. The topological polar surface area (TPSA) is 75.6 Å². The number of benzene rings is 1. The predicted molar refractivity (Wildman–Crippen MR) is 57.4 cm³/mol. The van der Waals surface area contributed by atoms with Crippen molar-refractivity contribution in [1.29, 1.82) is 0 Å². The first kappa shape index (κ1) is 12.2. The molecule has 1 rings (SSSR count). The molecule has 0 heterocycles. The maximum atomic E-state index is 11.7. The molecular formula is C11H13NO4. The number of rotatable bonds is 5. The summed E-state index contributed by atoms with van der Waals surface area (Å²) < 4.78 is 4.66. The van der Waals surface area contributed by atoms with E-state index in [1.807, 2.05) is 5.48 Å². The van der Waals surface area contributed by atoms with E-state index in [1.165, 1.54) is 6.07 Å². The molecule has 0 saturated carbocycles. The summed E-state index contributed by atoms with van der Waals surface area (Å²) in [5.41, 5.74) is 2.45. The van der Waals surface area contributed by atoms with E-state index in [9.17, 15) is 9.59 Å². The van der Waals surface area contributed by atoms with E-state index < -0.39 is 11.8 Å². The van der Waals surface area contributed by atoms with Gasteiger partial charge in [0.1, 0.15) is 6.42 Å². The molecule has 0 aliphatic rings. The molecular weight excluding hydrogens is 210 g/mol. The average Bonchev–Trinajstić information content (AvgIpc) is 2.29. The zero-order chi connectivity index (χ0) is 12.0. The molecule has 0 amide bonds. The second kappa shape index (κ2) is 5.87. The number of carbonyl (C=O) groups is 2. The van der Waals surface area contributed by atoms with E-state index in [1.54, 1.807) is 25.1 Å². The van der Waals surface area contributed by atoms with E-state index in [0.717, 1.165) is 0 Å². The van der Waals surface area contributed by atoms with E-state index in [0.29, 0.717) is 0 Å². The first-order chi connectivity index (χ1) is 7.69. The van der Waals surface area contributed by atoms with Crippen molar-refractivity contribution in [3.05, 3.63) is 29.8 Å². The van der Waals surface area contributed by atoms with Gasteiger partial charge < -0.3 is 4.74 Å². The fraction of sp³-hybridized carbons (Fsp3) is 0.273. The Hall–Kier alpha value is -1.88. The highest BCUT2D eigenvalue weighted by Crippen LogP contribution is 2.16. The molecule has 0 fully saturated rings. The largest absolute Gasteiger partial charge is 0.466 e. The summed E-state index contributed by atoms with van der Waals surface area (Å²) in [6.07, 6.45) is -0.327. The van der Waals surface area contributed by atoms with Crippen LogP contribution >= 0.6 is 0 Å². The first-order valence-electron chi connectivity index (χ1n) is 4.87. The normalized spacial score (nSPS) is 9.62. The Morgan fingerprint density at radius 2 is 2.06 bits per heavy atom. The number of ketones is 1. The summed E-state index contributed by atoms with van der Waals surface area (Å²) in [6.45, 7) is 1.91. The monoisotopic (exact) mass is 223 g/mol. The molecule has 0 radical (unpaired) electrons. The van der Waals surface area contributed by atoms with E-state index in [-0.39, 0.29) is 24.3 Å². The van der Waals surface area contributed by atoms with Crippen molar-refractivity contribution < 1.29 is 19.5 Å². The van der Waals surface area contributed by atoms with E-state index in [2.05, 4.69) is 4.74 Å². The number of hydrogen-bond donors (Lipinski definition) is 2. The Morgan fingerprint density at radius 1 is 1.38 bits per heavy atom. The number of carbonyl (C=O) groups excluding carboxylic acids is 2. The van der Waals surface area contributed by atoms with Crippen LogP contribution in [-0.4, -0.2) is 23.6 Å². The van der Waals surface area contributed by atoms with Crippen LogP contribution in [0.2, 0.25) is 0 Å². The predicted octanol–water partition coefficient (Wildman–Crippen LogP) is 1.62. The Balaban J connectivity index is 2.76. The molecule has 1 aromatic rings. The Kier molecular flexibility index (Phi) is 4.47. The number of Topliss-reactive ketones (excluding diaryl/α,β-unsaturated/α-hetero) is 1. The SMILES string of the molecule is CCOC(=O)CC(=O)c1ccccc1NO. The third kappa shape index (κ3) is 3.06. The lowest BCUT2D eigenvalue weighted by Crippen LogP contribution is -2.12. The van der Waals surface area contributed by atoms with Crippen molar-refractivity contribution in [3.63, 3.8) is 0 Å². The smallest absolute Gasteiger partial charge is 0.313 e. The molecule has 86 valence electrons. The van der Waals surface area contributed by atoms with Crippen LogP contribution in [0, 0.1) is 0 Å². The second-order valence-corrected chi connectivity index (χ2v) is 3.06. The molecule has 5 heteroatoms. The Morgan fingerprint density at radius 3 is 2.69 bits per heavy atom. The van der Waals surface area contributed by atoms with E-state index >= 15 is 0 Å². The zero-order valence-corrected chi connectivity index (χ0v) is 8.90. The van der Waals surface area contributed by atoms with Gasteiger partial charge in [-0.25, -0.2) is 0 Å². The molecule has 0 bridgehead atoms. The second-order valence-electron chi connectivity index (χ2n) is 3.06. The number of para-hydroxylation sites is 1. The quantitative estimate of drug-likeness (QED) is 0.343. The molecule has 0 aliphatic heterocycles. The Bertz CT molecular complexity index is 389. The fourth-order valence-corrected chi connectivity index (χ4v) is 1.26. The van der Waals surface area contributed by atoms with E-state index in [4.69, 9.17) is 5.21 Å². The molecule has 2 N–H and O–H groups in total. The summed E-state index contributed by atoms with van der Waals surface area (Å²) in [5.74, 6) is -0.962. The van der Waals surface area contributed by atoms with Gasteiger partial charge in [0, 0.05) is 5.56 Å². The van der Waals surface area contributed by atoms with Gasteiger partial charge in [-0.1, -0.05) is 12.1 Å². The van der Waals surface area contributed by atoms with Gasteiger partial charge in [-0.3, -0.25) is 20.3 Å². The number of esters is 1. The van der Waals surface area contributed by atoms with Gasteiger partial charge in [-0.2, -0.15) is 0 Å². The standard InChI is InChI=1S/C11H13NO4/c1-2-16-11(14)7-10(13)8-5-3-4-6-9(8)12-15/h3-6,12,15H,2,7H2,1H3. The van der Waals surface area contributed by atoms with Gasteiger partial charge in [0.15, 0.2) is 5.78 Å². The van der Waals surface area contributed by atoms with Gasteiger partial charge in [0.05, 0.1) is 12.3 Å². The lowest BCUT2D eigenvalue weighted by molar-refractivity contribution is -0.141. The van der Waals surface area contributed by atoms with Crippen molar-refractivity contribution in [2.75, 3.05) is 12.1 Å². The summed E-state index contributed by atoms with van der Waals surface area (Å²) >= 11 is 0. The highest BCUT2D eigenvalue weighted by Gasteiger charge is 2.15. The summed E-state index contributed by atoms with van der Waals surface area (Å²) in [7, 11) is 0. The third-order valence-electron chi connectivity index (χ3n) is 1.96. The number of hydrogen-bond acceptors (Lipinski definition) is 5. The molecule has 0 saturated heterocycles. The van der Waals surface area contributed by atoms with Crippen molar-refractivity contribution >= 4 is 17.4 Å². The highest BCUT2D eigenvalue weighted by molar-refractivity contribution is 6.08. The third-order valence-corrected chi connectivity index (χ3v) is 1.96. The van der Waals surface area contributed by atoms with Crippen LogP contribution in [-0.2, 0) is 9.53 Å². The summed E-state index contributed by atoms with van der Waals surface area (Å²) in [5, 5.41) is 8.79. The number of ether oxygens (including phenoxy) is 1. The lowest BCUT2D eigenvalue weighted by atomic mass is 10.1. The average molecular weight is 223 g/mol. The lowest BCUT2D eigenvalue weighted by Gasteiger charge is -2.06. The molecule has 16 heavy (non-hydrogen) atoms. The van der Waals surface area contributed by atoms with Gasteiger partial charge >= 0.3 is 5.97 Å². The van der Waals surface area contributed by atoms with Crippen LogP contribution in [0.4, 0.5) is 5.69 Å². The van der Waals surface area contributed by atoms with Gasteiger partial charge in [-0.15, -0.1) is 0 Å². The molecule has 5 nitrogen and oxygen atoms in total. The van der Waals surface area contributed by atoms with Crippen molar-refractivity contribution in [1.82, 2.24) is 0 Å². The maximum Gasteiger partial charge on any atom is 0.313 e. The summed E-state index contributed by atoms with van der Waals surface area (Å²) in [4.78, 5) is 22.8. The number of nitrogens with one attached hydrogen (secondary N) is 1. The molecule has 0 spiro atoms. The zero-order valence-electron chi connectivity index (χ0n) is 8.90. The molecule has 0 aliphatic carbocycles. The van der Waals surface area contributed by atoms with Crippen LogP contribution in [0.1, 0.15) is 23.7 Å². The maximum absolute atomic E-state index is 11.7. The van der Waals surface area contributed by atoms with Gasteiger partial charge in [0.25, 0.3) is 0 Å². The summed E-state index contributed by atoms with van der Waals surface area (Å²) in [6, 6.07) is 6.39. The van der Waals surface area contributed by atoms with Crippen LogP contribution in [0.5, 0.6) is 0 Å². The van der Waals surface area contributed by atoms with Crippen LogP contribution in [0.15, 0.2) is 24.3 Å². The van der Waals surface area contributed by atoms with Crippen LogP contribution in [0.25, 0.3) is 0 Å². The van der Waals surface area contributed by atoms with Crippen molar-refractivity contribution in [2.24, 2.45) is 0 Å². The van der Waals surface area contributed by atoms with Crippen LogP contribution < -0.4 is 5.48 Å². The van der Waals surface area contributed by atoms with Crippen molar-refractivity contribution in [3.8, 4) is 0 Å².